The van der Waals surface area contributed by atoms with Crippen molar-refractivity contribution in [1.29, 1.82) is 0 Å². The fourth-order valence-corrected chi connectivity index (χ4v) is 15.9. The van der Waals surface area contributed by atoms with Gasteiger partial charge in [-0.25, -0.2) is 0 Å². The molecule has 0 amide bonds. The summed E-state index contributed by atoms with van der Waals surface area (Å²) < 4.78 is 0. The van der Waals surface area contributed by atoms with Crippen LogP contribution in [0, 0.1) is 12.3 Å². The highest BCUT2D eigenvalue weighted by atomic mass is 15.3. The van der Waals surface area contributed by atoms with Crippen LogP contribution in [0.15, 0.2) is 182 Å². The zero-order valence-corrected chi connectivity index (χ0v) is 52.5. The Morgan fingerprint density at radius 2 is 0.893 bits per heavy atom. The van der Waals surface area contributed by atoms with Gasteiger partial charge in [0.05, 0.1) is 16.9 Å². The summed E-state index contributed by atoms with van der Waals surface area (Å²) in [5.41, 5.74) is 31.5. The number of rotatable bonds is 6. The molecule has 0 radical (unpaired) electrons. The summed E-state index contributed by atoms with van der Waals surface area (Å²) >= 11 is 0. The number of anilines is 8. The maximum absolute atomic E-state index is 2.82. The largest absolute Gasteiger partial charge is 0.334 e. The maximum atomic E-state index is 2.82. The van der Waals surface area contributed by atoms with Crippen LogP contribution in [0.1, 0.15) is 155 Å². The molecule has 0 N–H and O–H groups in total. The number of aryl methyl sites for hydroxylation is 1. The fourth-order valence-electron chi connectivity index (χ4n) is 15.9. The quantitative estimate of drug-likeness (QED) is 0.154. The average molecular weight is 1100 g/mol. The van der Waals surface area contributed by atoms with E-state index in [2.05, 4.69) is 294 Å². The Labute approximate surface area is 502 Å². The van der Waals surface area contributed by atoms with Crippen molar-refractivity contribution < 1.29 is 0 Å². The Bertz CT molecular complexity index is 4110. The lowest BCUT2D eigenvalue weighted by molar-refractivity contribution is 0.195. The SMILES string of the molecule is Cc1cc2c3c(c1)N(c1ccc(C(C)(C)C)cc1-c1ccccc1)c1cc4c(cc1B3c1cc(N3c5ccc(-c6ccc(C(C)(C)C)cc6)cc5C5(C)CCCCC35C)ccc1N2c1ccc(C(C)(C)C)cc1-c1ccccc1)CC(C)(C)C4. The molecule has 3 aliphatic heterocycles. The molecule has 0 aromatic heterocycles. The molecule has 1 fully saturated rings. The zero-order chi connectivity index (χ0) is 58.6. The van der Waals surface area contributed by atoms with Crippen LogP contribution in [0.5, 0.6) is 0 Å². The molecule has 4 heteroatoms. The maximum Gasteiger partial charge on any atom is 0.252 e. The van der Waals surface area contributed by atoms with Crippen molar-refractivity contribution in [3.05, 3.63) is 221 Å². The van der Waals surface area contributed by atoms with Gasteiger partial charge in [-0.05, 0) is 212 Å². The van der Waals surface area contributed by atoms with Crippen LogP contribution < -0.4 is 31.1 Å². The van der Waals surface area contributed by atoms with Crippen molar-refractivity contribution >= 4 is 68.6 Å². The first kappa shape index (κ1) is 54.4. The van der Waals surface area contributed by atoms with Gasteiger partial charge in [0.15, 0.2) is 0 Å². The van der Waals surface area contributed by atoms with Gasteiger partial charge in [0.2, 0.25) is 0 Å². The predicted octanol–water partition coefficient (Wildman–Crippen LogP) is 19.8. The fraction of sp³-hybridized carbons (Fsp3) is 0.325. The molecule has 5 aliphatic rings. The highest BCUT2D eigenvalue weighted by Gasteiger charge is 2.58. The van der Waals surface area contributed by atoms with Gasteiger partial charge in [-0.3, -0.25) is 0 Å². The van der Waals surface area contributed by atoms with E-state index in [1.54, 1.807) is 0 Å². The van der Waals surface area contributed by atoms with Gasteiger partial charge in [-0.2, -0.15) is 0 Å². The van der Waals surface area contributed by atoms with E-state index in [1.807, 2.05) is 0 Å². The standard InChI is InChI=1S/C80H84BN3/c1-51-41-72-74-73(42-51)83(68-37-33-60(77(8,9)10)47-63(68)54-25-19-16-20-26-54)71-45-57-50-78(11,12)49-56(57)44-65(71)81(74)66-48-61(34-38-70(66)82(72)67-36-32-59(76(5,6)7)46-62(67)53-23-17-15-18-24-53)84-69-35-29-55(52-27-30-58(31-28-52)75(2,3)4)43-64(69)79(13)39-21-22-40-80(79,84)14/h15-20,23-38,41-48H,21-22,39-40,49-50H2,1-14H3. The van der Waals surface area contributed by atoms with Crippen LogP contribution in [-0.4, -0.2) is 12.3 Å². The van der Waals surface area contributed by atoms with Gasteiger partial charge in [0, 0.05) is 50.7 Å². The molecule has 422 valence electrons. The number of nitrogens with zero attached hydrogens (tertiary/aromatic N) is 3. The van der Waals surface area contributed by atoms with E-state index in [4.69, 9.17) is 0 Å². The molecule has 2 unspecified atom stereocenters. The van der Waals surface area contributed by atoms with Crippen LogP contribution in [0.2, 0.25) is 0 Å². The lowest BCUT2D eigenvalue weighted by atomic mass is 9.33. The summed E-state index contributed by atoms with van der Waals surface area (Å²) in [5, 5.41) is 0. The molecular formula is C80H84BN3. The summed E-state index contributed by atoms with van der Waals surface area (Å²) in [4.78, 5) is 8.20. The van der Waals surface area contributed by atoms with E-state index in [0.29, 0.717) is 0 Å². The van der Waals surface area contributed by atoms with Gasteiger partial charge in [-0.1, -0.05) is 205 Å². The first-order chi connectivity index (χ1) is 39.9. The molecule has 9 aromatic rings. The second-order valence-electron chi connectivity index (χ2n) is 30.2. The molecule has 3 nitrogen and oxygen atoms in total. The van der Waals surface area contributed by atoms with Crippen molar-refractivity contribution in [3.8, 4) is 33.4 Å². The van der Waals surface area contributed by atoms with Crippen molar-refractivity contribution in [2.45, 2.75) is 163 Å². The Morgan fingerprint density at radius 3 is 1.46 bits per heavy atom. The van der Waals surface area contributed by atoms with E-state index in [9.17, 15) is 0 Å². The topological polar surface area (TPSA) is 9.72 Å². The molecular weight excluding hydrogens is 1010 g/mol. The van der Waals surface area contributed by atoms with Crippen molar-refractivity contribution in [3.63, 3.8) is 0 Å². The van der Waals surface area contributed by atoms with E-state index in [0.717, 1.165) is 25.7 Å². The van der Waals surface area contributed by atoms with Crippen molar-refractivity contribution in [2.75, 3.05) is 14.7 Å². The molecule has 0 saturated heterocycles. The highest BCUT2D eigenvalue weighted by molar-refractivity contribution is 7.00. The van der Waals surface area contributed by atoms with Gasteiger partial charge >= 0.3 is 0 Å². The number of fused-ring (bicyclic) bond motifs is 8. The molecule has 84 heavy (non-hydrogen) atoms. The van der Waals surface area contributed by atoms with Crippen LogP contribution in [0.3, 0.4) is 0 Å². The van der Waals surface area contributed by atoms with Crippen molar-refractivity contribution in [1.82, 2.24) is 0 Å². The summed E-state index contributed by atoms with van der Waals surface area (Å²) in [6.45, 7) is 33.4. The molecule has 14 rings (SSSR count). The van der Waals surface area contributed by atoms with Gasteiger partial charge < -0.3 is 14.7 Å². The monoisotopic (exact) mass is 1100 g/mol. The minimum Gasteiger partial charge on any atom is -0.334 e. The first-order valence-electron chi connectivity index (χ1n) is 31.4. The van der Waals surface area contributed by atoms with Crippen LogP contribution in [-0.2, 0) is 34.5 Å². The molecule has 3 heterocycles. The van der Waals surface area contributed by atoms with Gasteiger partial charge in [0.1, 0.15) is 0 Å². The Morgan fingerprint density at radius 1 is 0.405 bits per heavy atom. The third kappa shape index (κ3) is 8.57. The Hall–Kier alpha value is -7.56. The number of benzene rings is 9. The van der Waals surface area contributed by atoms with Crippen LogP contribution in [0.25, 0.3) is 33.4 Å². The molecule has 0 bridgehead atoms. The molecule has 0 spiro atoms. The minimum atomic E-state index is -0.144. The highest BCUT2D eigenvalue weighted by Crippen LogP contribution is 2.62. The Balaban J connectivity index is 1.05. The van der Waals surface area contributed by atoms with E-state index < -0.39 is 0 Å². The summed E-state index contributed by atoms with van der Waals surface area (Å²) in [5.74, 6) is 0. The smallest absolute Gasteiger partial charge is 0.252 e. The van der Waals surface area contributed by atoms with Crippen LogP contribution in [0.4, 0.5) is 45.5 Å². The number of hydrogen-bond acceptors (Lipinski definition) is 3. The molecule has 2 aliphatic carbocycles. The Kier molecular flexibility index (Phi) is 12.3. The van der Waals surface area contributed by atoms with Gasteiger partial charge in [0.25, 0.3) is 6.71 Å². The van der Waals surface area contributed by atoms with E-state index >= 15 is 0 Å². The van der Waals surface area contributed by atoms with Crippen molar-refractivity contribution in [2.24, 2.45) is 5.41 Å². The number of hydrogen-bond donors (Lipinski definition) is 0. The molecule has 2 atom stereocenters. The lowest BCUT2D eigenvalue weighted by Crippen LogP contribution is -2.62. The second-order valence-corrected chi connectivity index (χ2v) is 30.2. The second kappa shape index (κ2) is 19.0. The normalized spacial score (nSPS) is 19.4. The third-order valence-corrected chi connectivity index (χ3v) is 20.7. The van der Waals surface area contributed by atoms with Gasteiger partial charge in [-0.15, -0.1) is 0 Å². The third-order valence-electron chi connectivity index (χ3n) is 20.7. The predicted molar refractivity (Wildman–Crippen MR) is 362 cm³/mol. The summed E-state index contributed by atoms with van der Waals surface area (Å²) in [6, 6.07) is 71.9. The van der Waals surface area contributed by atoms with Crippen LogP contribution >= 0.6 is 0 Å². The molecule has 9 aromatic carbocycles. The molecule has 1 saturated carbocycles. The minimum absolute atomic E-state index is 0.0363. The van der Waals surface area contributed by atoms with E-state index in [-0.39, 0.29) is 39.3 Å². The zero-order valence-electron chi connectivity index (χ0n) is 52.5. The van der Waals surface area contributed by atoms with E-state index in [1.165, 1.54) is 147 Å². The first-order valence-corrected chi connectivity index (χ1v) is 31.4. The lowest BCUT2D eigenvalue weighted by Gasteiger charge is -2.50. The summed E-state index contributed by atoms with van der Waals surface area (Å²) in [6.07, 6.45) is 6.87. The summed E-state index contributed by atoms with van der Waals surface area (Å²) in [7, 11) is 0. The average Bonchev–Trinajstić information content (AvgIpc) is 1.19.